The van der Waals surface area contributed by atoms with E-state index < -0.39 is 23.7 Å². The number of alkyl halides is 3. The Morgan fingerprint density at radius 1 is 1.19 bits per heavy atom. The Morgan fingerprint density at radius 3 is 2.59 bits per heavy atom. The first-order valence-corrected chi connectivity index (χ1v) is 11.9. The summed E-state index contributed by atoms with van der Waals surface area (Å²) in [4.78, 5) is 26.3. The van der Waals surface area contributed by atoms with E-state index in [0.717, 1.165) is 39.3 Å². The number of nitrogens with one attached hydrogen (secondary N) is 2. The van der Waals surface area contributed by atoms with Crippen LogP contribution in [0.3, 0.4) is 0 Å². The molecule has 2 heterocycles. The number of ether oxygens (including phenoxy) is 3. The quantitative estimate of drug-likeness (QED) is 0.352. The molecule has 2 aromatic rings. The van der Waals surface area contributed by atoms with Crippen LogP contribution in [0.15, 0.2) is 22.6 Å². The Labute approximate surface area is 210 Å². The summed E-state index contributed by atoms with van der Waals surface area (Å²) < 4.78 is 58.9. The van der Waals surface area contributed by atoms with E-state index in [4.69, 9.17) is 13.9 Å². The molecule has 14 heteroatoms. The maximum Gasteiger partial charge on any atom is 0.490 e. The summed E-state index contributed by atoms with van der Waals surface area (Å²) in [5.41, 5.74) is -1.16. The monoisotopic (exact) mass is 527 g/mol. The molecule has 37 heavy (non-hydrogen) atoms. The van der Waals surface area contributed by atoms with Crippen molar-refractivity contribution in [2.75, 3.05) is 57.1 Å². The van der Waals surface area contributed by atoms with Crippen LogP contribution in [0, 0.1) is 0 Å². The molecule has 1 saturated carbocycles. The third-order valence-electron chi connectivity index (χ3n) is 6.24. The van der Waals surface area contributed by atoms with E-state index in [-0.39, 0.29) is 36.2 Å². The van der Waals surface area contributed by atoms with Crippen molar-refractivity contribution in [3.8, 4) is 17.2 Å². The number of morpholine rings is 1. The average Bonchev–Trinajstić information content (AvgIpc) is 3.32. The molecule has 1 aromatic carbocycles. The van der Waals surface area contributed by atoms with E-state index in [2.05, 4.69) is 30.5 Å². The van der Waals surface area contributed by atoms with Gasteiger partial charge in [0, 0.05) is 31.4 Å². The maximum atomic E-state index is 12.7. The minimum absolute atomic E-state index is 0.0000796. The van der Waals surface area contributed by atoms with Gasteiger partial charge >= 0.3 is 18.2 Å². The van der Waals surface area contributed by atoms with E-state index >= 15 is 0 Å². The van der Waals surface area contributed by atoms with Gasteiger partial charge in [-0.15, -0.1) is 5.10 Å². The van der Waals surface area contributed by atoms with Crippen molar-refractivity contribution in [2.24, 2.45) is 0 Å². The van der Waals surface area contributed by atoms with Gasteiger partial charge < -0.3 is 29.3 Å². The van der Waals surface area contributed by atoms with Gasteiger partial charge in [0.1, 0.15) is 5.75 Å². The number of hydrogen-bond donors (Lipinski definition) is 2. The summed E-state index contributed by atoms with van der Waals surface area (Å²) in [6.07, 6.45) is -3.84. The predicted octanol–water partition coefficient (Wildman–Crippen LogP) is 2.85. The molecular formula is C23H28F3N5O6. The normalized spacial score (nSPS) is 17.5. The zero-order chi connectivity index (χ0) is 26.5. The predicted molar refractivity (Wildman–Crippen MR) is 124 cm³/mol. The molecule has 0 radical (unpaired) electrons. The lowest BCUT2D eigenvalue weighted by molar-refractivity contribution is -0.219. The number of esters is 1. The minimum atomic E-state index is -5.19. The summed E-state index contributed by atoms with van der Waals surface area (Å²) >= 11 is 0. The second-order valence-corrected chi connectivity index (χ2v) is 8.75. The Morgan fingerprint density at radius 2 is 1.95 bits per heavy atom. The lowest BCUT2D eigenvalue weighted by atomic mass is 9.79. The van der Waals surface area contributed by atoms with E-state index in [1.807, 2.05) is 0 Å². The zero-order valence-corrected chi connectivity index (χ0v) is 20.2. The fourth-order valence-corrected chi connectivity index (χ4v) is 4.03. The molecule has 11 nitrogen and oxygen atoms in total. The van der Waals surface area contributed by atoms with Crippen LogP contribution in [-0.2, 0) is 19.1 Å². The highest BCUT2D eigenvalue weighted by molar-refractivity contribution is 6.00. The van der Waals surface area contributed by atoms with Crippen LogP contribution in [0.4, 0.5) is 24.9 Å². The van der Waals surface area contributed by atoms with E-state index in [9.17, 15) is 22.8 Å². The Bertz CT molecular complexity index is 1100. The molecule has 1 aliphatic heterocycles. The van der Waals surface area contributed by atoms with E-state index in [1.54, 1.807) is 6.07 Å². The Kier molecular flexibility index (Phi) is 8.17. The summed E-state index contributed by atoms with van der Waals surface area (Å²) in [5, 5.41) is 13.6. The number of methoxy groups -OCH3 is 1. The molecule has 1 aromatic heterocycles. The number of nitrogens with zero attached hydrogens (tertiary/aromatic N) is 3. The molecule has 0 unspecified atom stereocenters. The first-order valence-electron chi connectivity index (χ1n) is 11.9. The number of hydrogen-bond acceptors (Lipinski definition) is 10. The number of rotatable bonds is 10. The van der Waals surface area contributed by atoms with Crippen molar-refractivity contribution in [1.82, 2.24) is 15.1 Å². The van der Waals surface area contributed by atoms with Gasteiger partial charge in [-0.1, -0.05) is 5.10 Å². The van der Waals surface area contributed by atoms with Crippen molar-refractivity contribution in [2.45, 2.75) is 37.5 Å². The fraction of sp³-hybridized carbons (Fsp3) is 0.565. The molecule has 0 spiro atoms. The van der Waals surface area contributed by atoms with Crippen LogP contribution in [-0.4, -0.2) is 85.3 Å². The van der Waals surface area contributed by atoms with Crippen LogP contribution in [0.1, 0.15) is 25.7 Å². The third kappa shape index (κ3) is 6.49. The number of halogens is 3. The van der Waals surface area contributed by atoms with Crippen LogP contribution in [0.5, 0.6) is 5.75 Å². The summed E-state index contributed by atoms with van der Waals surface area (Å²) in [6, 6.07) is 4.78. The number of aromatic nitrogens is 2. The standard InChI is InChI=1S/C23H28F3N5O6/c1-34-17-14-15(28-19(32)22(6-2-7-22)37-20(33)23(24,25)26)4-5-16(17)18-29-30-21(36-18)27-8-3-9-31-10-12-35-13-11-31/h4-5,14H,2-3,6-13H2,1H3,(H,27,30)(H,28,32). The topological polar surface area (TPSA) is 128 Å². The molecule has 0 atom stereocenters. The number of carbonyl (C=O) groups is 2. The van der Waals surface area contributed by atoms with Crippen molar-refractivity contribution in [1.29, 1.82) is 0 Å². The minimum Gasteiger partial charge on any atom is -0.496 e. The van der Waals surface area contributed by atoms with Crippen molar-refractivity contribution in [3.05, 3.63) is 18.2 Å². The van der Waals surface area contributed by atoms with Crippen LogP contribution < -0.4 is 15.4 Å². The molecule has 0 bridgehead atoms. The van der Waals surface area contributed by atoms with Crippen LogP contribution in [0.2, 0.25) is 0 Å². The van der Waals surface area contributed by atoms with Crippen molar-refractivity contribution in [3.63, 3.8) is 0 Å². The lowest BCUT2D eigenvalue weighted by Crippen LogP contribution is -2.53. The highest BCUT2D eigenvalue weighted by atomic mass is 19.4. The number of anilines is 2. The highest BCUT2D eigenvalue weighted by Crippen LogP contribution is 2.39. The summed E-state index contributed by atoms with van der Waals surface area (Å²) in [5.74, 6) is -2.76. The molecule has 2 N–H and O–H groups in total. The third-order valence-corrected chi connectivity index (χ3v) is 6.24. The molecular weight excluding hydrogens is 499 g/mol. The zero-order valence-electron chi connectivity index (χ0n) is 20.2. The van der Waals surface area contributed by atoms with Crippen LogP contribution >= 0.6 is 0 Å². The lowest BCUT2D eigenvalue weighted by Gasteiger charge is -2.39. The highest BCUT2D eigenvalue weighted by Gasteiger charge is 2.53. The van der Waals surface area contributed by atoms with Crippen molar-refractivity contribution < 1.29 is 41.4 Å². The maximum absolute atomic E-state index is 12.7. The second kappa shape index (κ2) is 11.3. The largest absolute Gasteiger partial charge is 0.496 e. The number of benzene rings is 1. The molecule has 1 aliphatic carbocycles. The van der Waals surface area contributed by atoms with Gasteiger partial charge in [-0.3, -0.25) is 9.69 Å². The van der Waals surface area contributed by atoms with E-state index in [0.29, 0.717) is 18.5 Å². The Balaban J connectivity index is 1.35. The summed E-state index contributed by atoms with van der Waals surface area (Å²) in [6.45, 7) is 4.90. The fourth-order valence-electron chi connectivity index (χ4n) is 4.03. The van der Waals surface area contributed by atoms with Gasteiger partial charge in [-0.25, -0.2) is 4.79 Å². The van der Waals surface area contributed by atoms with Gasteiger partial charge in [-0.2, -0.15) is 13.2 Å². The molecule has 1 saturated heterocycles. The Hall–Kier alpha value is -3.39. The molecule has 202 valence electrons. The van der Waals surface area contributed by atoms with E-state index in [1.165, 1.54) is 19.2 Å². The number of carbonyl (C=O) groups excluding carboxylic acids is 2. The SMILES string of the molecule is COc1cc(NC(=O)C2(OC(=O)C(F)(F)F)CCC2)ccc1-c1nnc(NCCCN2CCOCC2)o1. The van der Waals surface area contributed by atoms with Gasteiger partial charge in [0.05, 0.1) is 25.9 Å². The van der Waals surface area contributed by atoms with Gasteiger partial charge in [0.15, 0.2) is 5.60 Å². The second-order valence-electron chi connectivity index (χ2n) is 8.75. The number of amides is 1. The van der Waals surface area contributed by atoms with Gasteiger partial charge in [0.25, 0.3) is 11.8 Å². The smallest absolute Gasteiger partial charge is 0.490 e. The molecule has 4 rings (SSSR count). The molecule has 1 amide bonds. The first-order chi connectivity index (χ1) is 17.7. The van der Waals surface area contributed by atoms with Crippen LogP contribution in [0.25, 0.3) is 11.5 Å². The van der Waals surface area contributed by atoms with Gasteiger partial charge in [0.2, 0.25) is 0 Å². The van der Waals surface area contributed by atoms with Crippen molar-refractivity contribution >= 4 is 23.6 Å². The molecule has 2 aliphatic rings. The first kappa shape index (κ1) is 26.7. The van der Waals surface area contributed by atoms with Gasteiger partial charge in [-0.05, 0) is 44.4 Å². The molecule has 2 fully saturated rings. The summed E-state index contributed by atoms with van der Waals surface area (Å²) in [7, 11) is 1.41. The average molecular weight is 528 g/mol.